The van der Waals surface area contributed by atoms with Crippen LogP contribution in [0.15, 0.2) is 18.2 Å². The van der Waals surface area contributed by atoms with Crippen LogP contribution in [-0.2, 0) is 11.3 Å². The van der Waals surface area contributed by atoms with Gasteiger partial charge >= 0.3 is 0 Å². The van der Waals surface area contributed by atoms with Gasteiger partial charge in [-0.15, -0.1) is 0 Å². The highest BCUT2D eigenvalue weighted by atomic mass is 79.9. The van der Waals surface area contributed by atoms with Crippen LogP contribution in [0.3, 0.4) is 0 Å². The Hall–Kier alpha value is -0.900. The van der Waals surface area contributed by atoms with Crippen molar-refractivity contribution in [2.75, 3.05) is 5.33 Å². The summed E-state index contributed by atoms with van der Waals surface area (Å²) < 4.78 is 13.2. The molecule has 0 saturated carbocycles. The summed E-state index contributed by atoms with van der Waals surface area (Å²) in [6, 6.07) is 5.02. The van der Waals surface area contributed by atoms with Crippen molar-refractivity contribution in [2.45, 2.75) is 32.7 Å². The minimum absolute atomic E-state index is 0.0203. The molecule has 0 spiro atoms. The molecule has 0 fully saturated rings. The van der Waals surface area contributed by atoms with Gasteiger partial charge in [0.05, 0.1) is 0 Å². The highest BCUT2D eigenvalue weighted by molar-refractivity contribution is 9.09. The van der Waals surface area contributed by atoms with Crippen LogP contribution in [0.2, 0.25) is 0 Å². The van der Waals surface area contributed by atoms with E-state index in [1.807, 2.05) is 6.07 Å². The molecule has 0 heterocycles. The Labute approximate surface area is 110 Å². The molecular weight excluding hydrogens is 285 g/mol. The van der Waals surface area contributed by atoms with Crippen molar-refractivity contribution in [1.29, 1.82) is 0 Å². The average molecular weight is 302 g/mol. The van der Waals surface area contributed by atoms with Crippen LogP contribution >= 0.6 is 15.9 Å². The maximum Gasteiger partial charge on any atom is 0.220 e. The minimum Gasteiger partial charge on any atom is -0.352 e. The number of alkyl halides is 1. The summed E-state index contributed by atoms with van der Waals surface area (Å²) in [5.41, 5.74) is 1.42. The van der Waals surface area contributed by atoms with E-state index in [1.165, 1.54) is 6.07 Å². The number of benzene rings is 1. The molecule has 0 bridgehead atoms. The zero-order valence-electron chi connectivity index (χ0n) is 9.93. The number of carbonyl (C=O) groups excluding carboxylic acids is 1. The second-order valence-corrected chi connectivity index (χ2v) is 4.80. The molecular formula is C13H17BrFNO. The van der Waals surface area contributed by atoms with Gasteiger partial charge in [0, 0.05) is 18.3 Å². The average Bonchev–Trinajstić information content (AvgIpc) is 2.31. The van der Waals surface area contributed by atoms with E-state index in [0.29, 0.717) is 18.5 Å². The molecule has 1 rings (SSSR count). The molecule has 0 aliphatic heterocycles. The first-order chi connectivity index (χ1) is 8.13. The van der Waals surface area contributed by atoms with Crippen LogP contribution in [0, 0.1) is 12.7 Å². The Bertz CT molecular complexity index is 382. The first-order valence-corrected chi connectivity index (χ1v) is 6.83. The van der Waals surface area contributed by atoms with E-state index in [1.54, 1.807) is 13.0 Å². The quantitative estimate of drug-likeness (QED) is 0.634. The van der Waals surface area contributed by atoms with Gasteiger partial charge in [0.15, 0.2) is 0 Å². The van der Waals surface area contributed by atoms with Crippen molar-refractivity contribution >= 4 is 21.8 Å². The van der Waals surface area contributed by atoms with Gasteiger partial charge < -0.3 is 5.32 Å². The highest BCUT2D eigenvalue weighted by Gasteiger charge is 2.03. The molecule has 0 aliphatic carbocycles. The summed E-state index contributed by atoms with van der Waals surface area (Å²) in [6.45, 7) is 2.11. The third kappa shape index (κ3) is 5.31. The number of aryl methyl sites for hydroxylation is 1. The fourth-order valence-corrected chi connectivity index (χ4v) is 1.81. The van der Waals surface area contributed by atoms with Crippen LogP contribution in [0.1, 0.15) is 30.4 Å². The molecule has 1 N–H and O–H groups in total. The lowest BCUT2D eigenvalue weighted by Crippen LogP contribution is -2.22. The van der Waals surface area contributed by atoms with Crippen molar-refractivity contribution in [2.24, 2.45) is 0 Å². The lowest BCUT2D eigenvalue weighted by atomic mass is 10.1. The summed E-state index contributed by atoms with van der Waals surface area (Å²) in [6.07, 6.45) is 2.39. The zero-order chi connectivity index (χ0) is 12.7. The summed E-state index contributed by atoms with van der Waals surface area (Å²) in [5.74, 6) is -0.206. The standard InChI is InChI=1S/C13H17BrFNO/c1-10-5-6-11(8-12(10)15)9-16-13(17)4-2-3-7-14/h5-6,8H,2-4,7,9H2,1H3,(H,16,17). The van der Waals surface area contributed by atoms with Crippen molar-refractivity contribution in [3.05, 3.63) is 35.1 Å². The second kappa shape index (κ2) is 7.43. The predicted molar refractivity (Wildman–Crippen MR) is 70.6 cm³/mol. The van der Waals surface area contributed by atoms with Gasteiger partial charge in [0.25, 0.3) is 0 Å². The third-order valence-corrected chi connectivity index (χ3v) is 3.07. The van der Waals surface area contributed by atoms with E-state index < -0.39 is 0 Å². The predicted octanol–water partition coefficient (Wildman–Crippen LogP) is 3.32. The Kier molecular flexibility index (Phi) is 6.19. The summed E-state index contributed by atoms with van der Waals surface area (Å²) in [4.78, 5) is 11.4. The van der Waals surface area contributed by atoms with Gasteiger partial charge in [-0.1, -0.05) is 28.1 Å². The minimum atomic E-state index is -0.226. The summed E-state index contributed by atoms with van der Waals surface area (Å²) >= 11 is 3.32. The number of hydrogen-bond acceptors (Lipinski definition) is 1. The lowest BCUT2D eigenvalue weighted by molar-refractivity contribution is -0.121. The van der Waals surface area contributed by atoms with E-state index >= 15 is 0 Å². The number of amides is 1. The monoisotopic (exact) mass is 301 g/mol. The van der Waals surface area contributed by atoms with E-state index in [-0.39, 0.29) is 11.7 Å². The molecule has 0 aromatic heterocycles. The van der Waals surface area contributed by atoms with E-state index in [0.717, 1.165) is 23.7 Å². The SMILES string of the molecule is Cc1ccc(CNC(=O)CCCCBr)cc1F. The van der Waals surface area contributed by atoms with Crippen LogP contribution in [-0.4, -0.2) is 11.2 Å². The smallest absolute Gasteiger partial charge is 0.220 e. The topological polar surface area (TPSA) is 29.1 Å². The maximum atomic E-state index is 13.2. The number of rotatable bonds is 6. The molecule has 4 heteroatoms. The Morgan fingerprint density at radius 2 is 2.18 bits per heavy atom. The molecule has 0 aliphatic rings. The van der Waals surface area contributed by atoms with Gasteiger partial charge in [-0.05, 0) is 37.0 Å². The maximum absolute atomic E-state index is 13.2. The van der Waals surface area contributed by atoms with Gasteiger partial charge in [-0.25, -0.2) is 4.39 Å². The Balaban J connectivity index is 2.34. The Morgan fingerprint density at radius 1 is 1.41 bits per heavy atom. The fourth-order valence-electron chi connectivity index (χ4n) is 1.42. The normalized spacial score (nSPS) is 10.3. The van der Waals surface area contributed by atoms with Crippen molar-refractivity contribution in [3.8, 4) is 0 Å². The van der Waals surface area contributed by atoms with Crippen molar-refractivity contribution < 1.29 is 9.18 Å². The van der Waals surface area contributed by atoms with Crippen LogP contribution in [0.4, 0.5) is 4.39 Å². The molecule has 1 amide bonds. The highest BCUT2D eigenvalue weighted by Crippen LogP contribution is 2.09. The first kappa shape index (κ1) is 14.2. The second-order valence-electron chi connectivity index (χ2n) is 4.01. The molecule has 1 aromatic rings. The molecule has 0 unspecified atom stereocenters. The number of unbranched alkanes of at least 4 members (excludes halogenated alkanes) is 1. The van der Waals surface area contributed by atoms with Crippen LogP contribution in [0.5, 0.6) is 0 Å². The fraction of sp³-hybridized carbons (Fsp3) is 0.462. The summed E-state index contributed by atoms with van der Waals surface area (Å²) in [7, 11) is 0. The largest absolute Gasteiger partial charge is 0.352 e. The van der Waals surface area contributed by atoms with Gasteiger partial charge in [-0.2, -0.15) is 0 Å². The summed E-state index contributed by atoms with van der Waals surface area (Å²) in [5, 5.41) is 3.70. The number of carbonyl (C=O) groups is 1. The van der Waals surface area contributed by atoms with Crippen LogP contribution < -0.4 is 5.32 Å². The molecule has 0 radical (unpaired) electrons. The molecule has 2 nitrogen and oxygen atoms in total. The van der Waals surface area contributed by atoms with Crippen molar-refractivity contribution in [1.82, 2.24) is 5.32 Å². The third-order valence-electron chi connectivity index (χ3n) is 2.51. The van der Waals surface area contributed by atoms with E-state index in [2.05, 4.69) is 21.2 Å². The van der Waals surface area contributed by atoms with E-state index in [4.69, 9.17) is 0 Å². The van der Waals surface area contributed by atoms with Gasteiger partial charge in [0.2, 0.25) is 5.91 Å². The van der Waals surface area contributed by atoms with Gasteiger partial charge in [0.1, 0.15) is 5.82 Å². The van der Waals surface area contributed by atoms with E-state index in [9.17, 15) is 9.18 Å². The van der Waals surface area contributed by atoms with Crippen LogP contribution in [0.25, 0.3) is 0 Å². The zero-order valence-corrected chi connectivity index (χ0v) is 11.5. The molecule has 0 atom stereocenters. The number of hydrogen-bond donors (Lipinski definition) is 1. The van der Waals surface area contributed by atoms with Gasteiger partial charge in [-0.3, -0.25) is 4.79 Å². The molecule has 17 heavy (non-hydrogen) atoms. The van der Waals surface area contributed by atoms with Crippen molar-refractivity contribution in [3.63, 3.8) is 0 Å². The molecule has 94 valence electrons. The molecule has 0 saturated heterocycles. The Morgan fingerprint density at radius 3 is 2.82 bits per heavy atom. The number of halogens is 2. The number of nitrogens with one attached hydrogen (secondary N) is 1. The first-order valence-electron chi connectivity index (χ1n) is 5.71. The lowest BCUT2D eigenvalue weighted by Gasteiger charge is -2.06. The molecule has 1 aromatic carbocycles.